The average Bonchev–Trinajstić information content (AvgIpc) is 2.39. The third-order valence-electron chi connectivity index (χ3n) is 2.89. The van der Waals surface area contributed by atoms with Crippen LogP contribution in [0.25, 0.3) is 0 Å². The molecule has 0 bridgehead atoms. The lowest BCUT2D eigenvalue weighted by molar-refractivity contribution is -0.384. The molecule has 0 aromatic heterocycles. The normalized spacial score (nSPS) is 11.7. The van der Waals surface area contributed by atoms with Crippen molar-refractivity contribution in [2.45, 2.75) is 26.4 Å². The van der Waals surface area contributed by atoms with Gasteiger partial charge in [0.1, 0.15) is 5.69 Å². The van der Waals surface area contributed by atoms with Crippen LogP contribution in [0.2, 0.25) is 0 Å². The predicted molar refractivity (Wildman–Crippen MR) is 71.8 cm³/mol. The van der Waals surface area contributed by atoms with Gasteiger partial charge in [0.05, 0.1) is 23.5 Å². The zero-order chi connectivity index (χ0) is 14.4. The molecule has 0 amide bonds. The van der Waals surface area contributed by atoms with Gasteiger partial charge >= 0.3 is 0 Å². The summed E-state index contributed by atoms with van der Waals surface area (Å²) in [7, 11) is 0. The Morgan fingerprint density at radius 2 is 2.26 bits per heavy atom. The largest absolute Gasteiger partial charge is 0.389 e. The van der Waals surface area contributed by atoms with Crippen molar-refractivity contribution in [1.29, 1.82) is 5.26 Å². The maximum atomic E-state index is 11.1. The molecule has 6 heteroatoms. The number of aliphatic hydroxyl groups is 1. The van der Waals surface area contributed by atoms with Gasteiger partial charge in [-0.15, -0.1) is 0 Å². The van der Waals surface area contributed by atoms with Crippen LogP contribution in [0.3, 0.4) is 0 Å². The van der Waals surface area contributed by atoms with E-state index in [1.165, 1.54) is 6.07 Å². The van der Waals surface area contributed by atoms with Crippen molar-refractivity contribution in [2.24, 2.45) is 0 Å². The first-order chi connectivity index (χ1) is 9.01. The Bertz CT molecular complexity index is 494. The van der Waals surface area contributed by atoms with Crippen molar-refractivity contribution in [3.8, 4) is 6.07 Å². The maximum Gasteiger partial charge on any atom is 0.292 e. The Morgan fingerprint density at radius 1 is 1.58 bits per heavy atom. The predicted octanol–water partition coefficient (Wildman–Crippen LogP) is 2.39. The minimum Gasteiger partial charge on any atom is -0.389 e. The van der Waals surface area contributed by atoms with Gasteiger partial charge in [0.25, 0.3) is 5.69 Å². The molecule has 0 heterocycles. The third-order valence-corrected chi connectivity index (χ3v) is 2.89. The van der Waals surface area contributed by atoms with E-state index in [9.17, 15) is 15.2 Å². The topological polar surface area (TPSA) is 90.4 Å². The standard InChI is InChI=1S/C13H17N3O3/c1-3-15(8-4-7-14)12-6-5-11(10(2)17)9-13(12)16(18)19/h5-6,9-10,17H,3-4,8H2,1-2H3/t10-/m1/s1. The van der Waals surface area contributed by atoms with Gasteiger partial charge in [-0.3, -0.25) is 10.1 Å². The molecule has 0 saturated heterocycles. The van der Waals surface area contributed by atoms with Crippen molar-refractivity contribution >= 4 is 11.4 Å². The van der Waals surface area contributed by atoms with Gasteiger partial charge in [-0.05, 0) is 25.5 Å². The second-order valence-corrected chi connectivity index (χ2v) is 4.17. The van der Waals surface area contributed by atoms with Gasteiger partial charge in [-0.1, -0.05) is 6.07 Å². The molecule has 1 N–H and O–H groups in total. The summed E-state index contributed by atoms with van der Waals surface area (Å²) >= 11 is 0. The fourth-order valence-corrected chi connectivity index (χ4v) is 1.85. The lowest BCUT2D eigenvalue weighted by atomic mass is 10.1. The lowest BCUT2D eigenvalue weighted by Gasteiger charge is -2.22. The highest BCUT2D eigenvalue weighted by Gasteiger charge is 2.20. The first kappa shape index (κ1) is 14.9. The van der Waals surface area contributed by atoms with Crippen molar-refractivity contribution in [2.75, 3.05) is 18.0 Å². The van der Waals surface area contributed by atoms with Crippen LogP contribution in [0.4, 0.5) is 11.4 Å². The van der Waals surface area contributed by atoms with Gasteiger partial charge in [0.15, 0.2) is 0 Å². The molecule has 0 fully saturated rings. The van der Waals surface area contributed by atoms with E-state index in [0.717, 1.165) is 0 Å². The van der Waals surface area contributed by atoms with Gasteiger partial charge in [-0.2, -0.15) is 5.26 Å². The second kappa shape index (κ2) is 6.71. The summed E-state index contributed by atoms with van der Waals surface area (Å²) in [4.78, 5) is 12.4. The summed E-state index contributed by atoms with van der Waals surface area (Å²) in [6, 6.07) is 6.71. The van der Waals surface area contributed by atoms with Crippen molar-refractivity contribution < 1.29 is 10.0 Å². The molecule has 0 unspecified atom stereocenters. The minimum atomic E-state index is -0.748. The molecular weight excluding hydrogens is 246 g/mol. The summed E-state index contributed by atoms with van der Waals surface area (Å²) in [5.74, 6) is 0. The molecule has 0 spiro atoms. The summed E-state index contributed by atoms with van der Waals surface area (Å²) in [6.45, 7) is 4.47. The van der Waals surface area contributed by atoms with Crippen LogP contribution in [-0.2, 0) is 0 Å². The molecule has 102 valence electrons. The Balaban J connectivity index is 3.18. The zero-order valence-electron chi connectivity index (χ0n) is 11.0. The van der Waals surface area contributed by atoms with Crippen LogP contribution in [-0.4, -0.2) is 23.1 Å². The van der Waals surface area contributed by atoms with Crippen LogP contribution in [0.1, 0.15) is 31.9 Å². The zero-order valence-corrected chi connectivity index (χ0v) is 11.0. The maximum absolute atomic E-state index is 11.1. The van der Waals surface area contributed by atoms with Crippen molar-refractivity contribution in [3.63, 3.8) is 0 Å². The van der Waals surface area contributed by atoms with Crippen LogP contribution in [0.5, 0.6) is 0 Å². The number of nitro benzene ring substituents is 1. The molecule has 19 heavy (non-hydrogen) atoms. The van der Waals surface area contributed by atoms with Crippen LogP contribution in [0, 0.1) is 21.4 Å². The number of nitrogens with zero attached hydrogens (tertiary/aromatic N) is 3. The molecule has 0 aliphatic rings. The molecule has 0 radical (unpaired) electrons. The fraction of sp³-hybridized carbons (Fsp3) is 0.462. The van der Waals surface area contributed by atoms with E-state index in [2.05, 4.69) is 0 Å². The van der Waals surface area contributed by atoms with E-state index in [4.69, 9.17) is 5.26 Å². The molecule has 6 nitrogen and oxygen atoms in total. The highest BCUT2D eigenvalue weighted by atomic mass is 16.6. The Kier molecular flexibility index (Phi) is 5.27. The average molecular weight is 263 g/mol. The number of anilines is 1. The lowest BCUT2D eigenvalue weighted by Crippen LogP contribution is -2.24. The fourth-order valence-electron chi connectivity index (χ4n) is 1.85. The number of hydrogen-bond acceptors (Lipinski definition) is 5. The number of nitro groups is 1. The Hall–Kier alpha value is -2.13. The number of hydrogen-bond donors (Lipinski definition) is 1. The summed E-state index contributed by atoms with van der Waals surface area (Å²) in [5, 5.41) is 29.2. The Labute approximate surface area is 112 Å². The number of aliphatic hydroxyl groups excluding tert-OH is 1. The van der Waals surface area contributed by atoms with Crippen LogP contribution < -0.4 is 4.90 Å². The number of benzene rings is 1. The van der Waals surface area contributed by atoms with E-state index < -0.39 is 11.0 Å². The first-order valence-electron chi connectivity index (χ1n) is 6.09. The van der Waals surface area contributed by atoms with Gasteiger partial charge in [0, 0.05) is 19.2 Å². The molecule has 1 rings (SSSR count). The molecule has 1 aromatic carbocycles. The van der Waals surface area contributed by atoms with Crippen LogP contribution >= 0.6 is 0 Å². The molecule has 1 aromatic rings. The minimum absolute atomic E-state index is 0.0433. The third kappa shape index (κ3) is 3.66. The number of rotatable bonds is 6. The Morgan fingerprint density at radius 3 is 2.74 bits per heavy atom. The first-order valence-corrected chi connectivity index (χ1v) is 6.09. The van der Waals surface area contributed by atoms with E-state index in [-0.39, 0.29) is 5.69 Å². The molecule has 0 aliphatic heterocycles. The van der Waals surface area contributed by atoms with E-state index >= 15 is 0 Å². The quantitative estimate of drug-likeness (QED) is 0.628. The monoisotopic (exact) mass is 263 g/mol. The van der Waals surface area contributed by atoms with Crippen molar-refractivity contribution in [3.05, 3.63) is 33.9 Å². The molecular formula is C13H17N3O3. The van der Waals surface area contributed by atoms with Crippen LogP contribution in [0.15, 0.2) is 18.2 Å². The van der Waals surface area contributed by atoms with E-state index in [0.29, 0.717) is 30.8 Å². The SMILES string of the molecule is CCN(CCC#N)c1ccc([C@@H](C)O)cc1[N+](=O)[O-]. The highest BCUT2D eigenvalue weighted by molar-refractivity contribution is 5.64. The highest BCUT2D eigenvalue weighted by Crippen LogP contribution is 2.31. The van der Waals surface area contributed by atoms with Gasteiger partial charge in [-0.25, -0.2) is 0 Å². The summed E-state index contributed by atoms with van der Waals surface area (Å²) in [5.41, 5.74) is 0.942. The number of nitriles is 1. The van der Waals surface area contributed by atoms with E-state index in [1.807, 2.05) is 13.0 Å². The molecule has 0 saturated carbocycles. The second-order valence-electron chi connectivity index (χ2n) is 4.17. The van der Waals surface area contributed by atoms with Gasteiger partial charge in [0.2, 0.25) is 0 Å². The molecule has 1 atom stereocenters. The van der Waals surface area contributed by atoms with E-state index in [1.54, 1.807) is 24.0 Å². The summed E-state index contributed by atoms with van der Waals surface area (Å²) < 4.78 is 0. The van der Waals surface area contributed by atoms with Gasteiger partial charge < -0.3 is 10.0 Å². The molecule has 0 aliphatic carbocycles. The summed E-state index contributed by atoms with van der Waals surface area (Å²) in [6.07, 6.45) is -0.440. The smallest absolute Gasteiger partial charge is 0.292 e. The van der Waals surface area contributed by atoms with Crippen molar-refractivity contribution in [1.82, 2.24) is 0 Å².